The van der Waals surface area contributed by atoms with Gasteiger partial charge >= 0.3 is 5.97 Å². The minimum Gasteiger partial charge on any atom is -0.478 e. The summed E-state index contributed by atoms with van der Waals surface area (Å²) in [4.78, 5) is 10.4. The molecule has 0 atom stereocenters. The van der Waals surface area contributed by atoms with Crippen molar-refractivity contribution in [2.24, 2.45) is 0 Å². The van der Waals surface area contributed by atoms with Crippen molar-refractivity contribution in [1.82, 2.24) is 0 Å². The largest absolute Gasteiger partial charge is 0.478 e. The highest BCUT2D eigenvalue weighted by atomic mass is 16.4. The fourth-order valence-electron chi connectivity index (χ4n) is 2.01. The van der Waals surface area contributed by atoms with Crippen LogP contribution in [0.3, 0.4) is 0 Å². The van der Waals surface area contributed by atoms with Gasteiger partial charge in [0.2, 0.25) is 0 Å². The molecule has 0 radical (unpaired) electrons. The number of carboxylic acid groups (broad SMARTS) is 1. The molecule has 1 N–H and O–H groups in total. The third-order valence-corrected chi connectivity index (χ3v) is 3.22. The number of rotatable bonds is 5. The molecule has 102 valence electrons. The smallest absolute Gasteiger partial charge is 0.328 e. The first-order chi connectivity index (χ1) is 9.63. The first-order valence-corrected chi connectivity index (χ1v) is 6.69. The zero-order valence-corrected chi connectivity index (χ0v) is 11.5. The van der Waals surface area contributed by atoms with Crippen molar-refractivity contribution in [3.63, 3.8) is 0 Å². The number of hydrogen-bond donors (Lipinski definition) is 1. The molecule has 0 spiro atoms. The van der Waals surface area contributed by atoms with E-state index in [4.69, 9.17) is 5.11 Å². The molecule has 2 heteroatoms. The number of carbonyl (C=O) groups is 1. The Bertz CT molecular complexity index is 592. The molecular formula is C18H18O2. The Morgan fingerprint density at radius 3 is 1.95 bits per heavy atom. The topological polar surface area (TPSA) is 37.3 Å². The minimum atomic E-state index is -0.923. The Kier molecular flexibility index (Phi) is 4.72. The molecule has 0 aliphatic carbocycles. The Morgan fingerprint density at radius 2 is 1.45 bits per heavy atom. The lowest BCUT2D eigenvalue weighted by molar-refractivity contribution is -0.131. The van der Waals surface area contributed by atoms with Crippen LogP contribution in [0.5, 0.6) is 0 Å². The molecule has 0 fully saturated rings. The van der Waals surface area contributed by atoms with E-state index in [-0.39, 0.29) is 0 Å². The van der Waals surface area contributed by atoms with Gasteiger partial charge in [-0.05, 0) is 42.5 Å². The predicted molar refractivity (Wildman–Crippen MR) is 81.7 cm³/mol. The maximum Gasteiger partial charge on any atom is 0.328 e. The molecule has 2 aromatic carbocycles. The van der Waals surface area contributed by atoms with Crippen LogP contribution in [0.4, 0.5) is 0 Å². The zero-order valence-electron chi connectivity index (χ0n) is 11.5. The van der Waals surface area contributed by atoms with Gasteiger partial charge in [-0.25, -0.2) is 4.79 Å². The third kappa shape index (κ3) is 4.39. The summed E-state index contributed by atoms with van der Waals surface area (Å²) in [5.74, 6) is -0.923. The second-order valence-electron chi connectivity index (χ2n) is 4.90. The zero-order chi connectivity index (χ0) is 14.4. The van der Waals surface area contributed by atoms with Gasteiger partial charge < -0.3 is 5.11 Å². The van der Waals surface area contributed by atoms with E-state index in [0.717, 1.165) is 24.5 Å². The van der Waals surface area contributed by atoms with Crippen LogP contribution in [0, 0.1) is 6.92 Å². The van der Waals surface area contributed by atoms with Gasteiger partial charge in [0.15, 0.2) is 0 Å². The standard InChI is InChI=1S/C18H18O2/c1-14-2-4-15(5-3-14)6-7-16-8-10-17(11-9-16)12-13-18(19)20/h2-5,8-13H,6-7H2,1H3,(H,19,20)/b13-12+. The fourth-order valence-corrected chi connectivity index (χ4v) is 2.01. The van der Waals surface area contributed by atoms with Crippen molar-refractivity contribution < 1.29 is 9.90 Å². The Labute approximate surface area is 119 Å². The molecule has 0 aliphatic heterocycles. The summed E-state index contributed by atoms with van der Waals surface area (Å²) in [6, 6.07) is 16.6. The number of benzene rings is 2. The van der Waals surface area contributed by atoms with Crippen LogP contribution in [0.1, 0.15) is 22.3 Å². The van der Waals surface area contributed by atoms with Gasteiger partial charge in [0.05, 0.1) is 0 Å². The van der Waals surface area contributed by atoms with E-state index in [2.05, 4.69) is 43.3 Å². The van der Waals surface area contributed by atoms with Gasteiger partial charge in [-0.15, -0.1) is 0 Å². The van der Waals surface area contributed by atoms with Gasteiger partial charge in [0.25, 0.3) is 0 Å². The van der Waals surface area contributed by atoms with Gasteiger partial charge in [-0.3, -0.25) is 0 Å². The predicted octanol–water partition coefficient (Wildman–Crippen LogP) is 3.88. The number of aryl methyl sites for hydroxylation is 3. The second-order valence-corrected chi connectivity index (χ2v) is 4.90. The molecule has 0 unspecified atom stereocenters. The molecule has 0 amide bonds. The molecule has 0 heterocycles. The third-order valence-electron chi connectivity index (χ3n) is 3.22. The van der Waals surface area contributed by atoms with E-state index in [0.29, 0.717) is 0 Å². The Balaban J connectivity index is 1.93. The van der Waals surface area contributed by atoms with Gasteiger partial charge in [-0.1, -0.05) is 54.1 Å². The fraction of sp³-hybridized carbons (Fsp3) is 0.167. The first-order valence-electron chi connectivity index (χ1n) is 6.69. The van der Waals surface area contributed by atoms with Crippen LogP contribution < -0.4 is 0 Å². The molecule has 0 aliphatic rings. The van der Waals surface area contributed by atoms with Crippen molar-refractivity contribution in [1.29, 1.82) is 0 Å². The summed E-state index contributed by atoms with van der Waals surface area (Å²) in [6.07, 6.45) is 4.77. The molecule has 0 saturated carbocycles. The summed E-state index contributed by atoms with van der Waals surface area (Å²) in [5.41, 5.74) is 4.79. The highest BCUT2D eigenvalue weighted by Crippen LogP contribution is 2.11. The van der Waals surface area contributed by atoms with E-state index in [1.165, 1.54) is 16.7 Å². The average Bonchev–Trinajstić information content (AvgIpc) is 2.45. The number of hydrogen-bond acceptors (Lipinski definition) is 1. The van der Waals surface area contributed by atoms with Crippen LogP contribution in [-0.4, -0.2) is 11.1 Å². The van der Waals surface area contributed by atoms with Crippen molar-refractivity contribution in [2.75, 3.05) is 0 Å². The van der Waals surface area contributed by atoms with E-state index in [1.807, 2.05) is 12.1 Å². The summed E-state index contributed by atoms with van der Waals surface area (Å²) < 4.78 is 0. The molecule has 2 rings (SSSR count). The van der Waals surface area contributed by atoms with Crippen LogP contribution in [-0.2, 0) is 17.6 Å². The van der Waals surface area contributed by atoms with Gasteiger partial charge in [0.1, 0.15) is 0 Å². The average molecular weight is 266 g/mol. The van der Waals surface area contributed by atoms with E-state index < -0.39 is 5.97 Å². The summed E-state index contributed by atoms with van der Waals surface area (Å²) in [7, 11) is 0. The van der Waals surface area contributed by atoms with Crippen LogP contribution in [0.2, 0.25) is 0 Å². The lowest BCUT2D eigenvalue weighted by Gasteiger charge is -2.03. The van der Waals surface area contributed by atoms with E-state index >= 15 is 0 Å². The van der Waals surface area contributed by atoms with Crippen molar-refractivity contribution in [2.45, 2.75) is 19.8 Å². The first kappa shape index (κ1) is 14.1. The Hall–Kier alpha value is -2.35. The van der Waals surface area contributed by atoms with Crippen LogP contribution >= 0.6 is 0 Å². The number of carboxylic acids is 1. The summed E-state index contributed by atoms with van der Waals surface area (Å²) in [5, 5.41) is 8.57. The van der Waals surface area contributed by atoms with Crippen LogP contribution in [0.25, 0.3) is 6.08 Å². The Morgan fingerprint density at radius 1 is 0.950 bits per heavy atom. The maximum atomic E-state index is 10.4. The van der Waals surface area contributed by atoms with Gasteiger partial charge in [0, 0.05) is 6.08 Å². The lowest BCUT2D eigenvalue weighted by atomic mass is 10.0. The van der Waals surface area contributed by atoms with E-state index in [9.17, 15) is 4.79 Å². The summed E-state index contributed by atoms with van der Waals surface area (Å²) >= 11 is 0. The van der Waals surface area contributed by atoms with Crippen LogP contribution in [0.15, 0.2) is 54.6 Å². The molecule has 2 aromatic rings. The number of aliphatic carboxylic acids is 1. The highest BCUT2D eigenvalue weighted by Gasteiger charge is 1.97. The normalized spacial score (nSPS) is 10.8. The monoisotopic (exact) mass is 266 g/mol. The molecule has 20 heavy (non-hydrogen) atoms. The summed E-state index contributed by atoms with van der Waals surface area (Å²) in [6.45, 7) is 2.09. The maximum absolute atomic E-state index is 10.4. The van der Waals surface area contributed by atoms with E-state index in [1.54, 1.807) is 6.08 Å². The van der Waals surface area contributed by atoms with Crippen molar-refractivity contribution in [3.8, 4) is 0 Å². The second kappa shape index (κ2) is 6.71. The lowest BCUT2D eigenvalue weighted by Crippen LogP contribution is -1.91. The van der Waals surface area contributed by atoms with Crippen molar-refractivity contribution in [3.05, 3.63) is 76.9 Å². The van der Waals surface area contributed by atoms with Crippen molar-refractivity contribution >= 4 is 12.0 Å². The molecule has 0 bridgehead atoms. The van der Waals surface area contributed by atoms with Gasteiger partial charge in [-0.2, -0.15) is 0 Å². The minimum absolute atomic E-state index is 0.909. The quantitative estimate of drug-likeness (QED) is 0.834. The molecule has 2 nitrogen and oxygen atoms in total. The highest BCUT2D eigenvalue weighted by molar-refractivity contribution is 5.85. The molecular weight excluding hydrogens is 248 g/mol. The molecule has 0 aromatic heterocycles. The molecule has 0 saturated heterocycles. The SMILES string of the molecule is Cc1ccc(CCc2ccc(/C=C/C(=O)O)cc2)cc1.